The molecule has 0 unspecified atom stereocenters. The molecule has 1 N–H and O–H groups in total. The van der Waals surface area contributed by atoms with Gasteiger partial charge in [-0.15, -0.1) is 0 Å². The molecule has 3 heteroatoms. The standard InChI is InChI=1S/C11H22N2O/c1-4-11(14)12-9-7-8-10-13(5-2)6-3/h4H,1,5-10H2,2-3H3,(H,12,14). The molecule has 0 bridgehead atoms. The molecule has 0 aromatic rings. The minimum atomic E-state index is -0.0761. The van der Waals surface area contributed by atoms with Gasteiger partial charge in [0.15, 0.2) is 0 Å². The number of carbonyl (C=O) groups is 1. The largest absolute Gasteiger partial charge is 0.353 e. The first-order chi connectivity index (χ1) is 6.74. The van der Waals surface area contributed by atoms with Crippen LogP contribution in [-0.2, 0) is 4.79 Å². The van der Waals surface area contributed by atoms with E-state index in [0.29, 0.717) is 0 Å². The van der Waals surface area contributed by atoms with Gasteiger partial charge in [0, 0.05) is 6.54 Å². The molecular weight excluding hydrogens is 176 g/mol. The maximum atomic E-state index is 10.8. The van der Waals surface area contributed by atoms with Crippen LogP contribution in [-0.4, -0.2) is 37.0 Å². The summed E-state index contributed by atoms with van der Waals surface area (Å²) in [5, 5.41) is 2.77. The van der Waals surface area contributed by atoms with E-state index in [0.717, 1.165) is 39.0 Å². The van der Waals surface area contributed by atoms with Crippen molar-refractivity contribution in [1.29, 1.82) is 0 Å². The minimum Gasteiger partial charge on any atom is -0.353 e. The predicted molar refractivity (Wildman–Crippen MR) is 60.2 cm³/mol. The van der Waals surface area contributed by atoms with Crippen LogP contribution >= 0.6 is 0 Å². The Labute approximate surface area is 87.2 Å². The highest BCUT2D eigenvalue weighted by Gasteiger charge is 1.98. The van der Waals surface area contributed by atoms with Crippen LogP contribution in [0.1, 0.15) is 26.7 Å². The second-order valence-corrected chi connectivity index (χ2v) is 3.23. The molecule has 14 heavy (non-hydrogen) atoms. The molecule has 0 rings (SSSR count). The van der Waals surface area contributed by atoms with Crippen molar-refractivity contribution in [2.75, 3.05) is 26.2 Å². The molecule has 0 heterocycles. The number of rotatable bonds is 8. The van der Waals surface area contributed by atoms with Gasteiger partial charge in [-0.2, -0.15) is 0 Å². The molecule has 0 spiro atoms. The van der Waals surface area contributed by atoms with Gasteiger partial charge < -0.3 is 10.2 Å². The van der Waals surface area contributed by atoms with Crippen molar-refractivity contribution < 1.29 is 4.79 Å². The molecule has 0 aliphatic carbocycles. The summed E-state index contributed by atoms with van der Waals surface area (Å²) < 4.78 is 0. The topological polar surface area (TPSA) is 32.3 Å². The van der Waals surface area contributed by atoms with E-state index in [9.17, 15) is 4.79 Å². The van der Waals surface area contributed by atoms with E-state index < -0.39 is 0 Å². The predicted octanol–water partition coefficient (Wildman–Crippen LogP) is 1.41. The Morgan fingerprint density at radius 1 is 1.36 bits per heavy atom. The van der Waals surface area contributed by atoms with Crippen molar-refractivity contribution in [1.82, 2.24) is 10.2 Å². The molecule has 1 amide bonds. The minimum absolute atomic E-state index is 0.0761. The molecule has 0 atom stereocenters. The Hall–Kier alpha value is -0.830. The maximum absolute atomic E-state index is 10.8. The Morgan fingerprint density at radius 3 is 2.50 bits per heavy atom. The summed E-state index contributed by atoms with van der Waals surface area (Å²) >= 11 is 0. The summed E-state index contributed by atoms with van der Waals surface area (Å²) in [5.41, 5.74) is 0. The average Bonchev–Trinajstić information content (AvgIpc) is 2.23. The average molecular weight is 198 g/mol. The third-order valence-electron chi connectivity index (χ3n) is 2.28. The van der Waals surface area contributed by atoms with Crippen molar-refractivity contribution in [2.45, 2.75) is 26.7 Å². The fourth-order valence-corrected chi connectivity index (χ4v) is 1.28. The summed E-state index contributed by atoms with van der Waals surface area (Å²) in [6, 6.07) is 0. The molecule has 82 valence electrons. The zero-order valence-electron chi connectivity index (χ0n) is 9.38. The van der Waals surface area contributed by atoms with Gasteiger partial charge in [0.05, 0.1) is 0 Å². The van der Waals surface area contributed by atoms with Gasteiger partial charge in [0.1, 0.15) is 0 Å². The van der Waals surface area contributed by atoms with E-state index in [1.165, 1.54) is 6.08 Å². The molecule has 0 aromatic carbocycles. The van der Waals surface area contributed by atoms with Gasteiger partial charge in [-0.05, 0) is 38.6 Å². The van der Waals surface area contributed by atoms with Crippen LogP contribution in [0.25, 0.3) is 0 Å². The molecular formula is C11H22N2O. The highest BCUT2D eigenvalue weighted by molar-refractivity contribution is 5.86. The van der Waals surface area contributed by atoms with E-state index in [1.807, 2.05) is 0 Å². The Balaban J connectivity index is 3.28. The summed E-state index contributed by atoms with van der Waals surface area (Å²) in [4.78, 5) is 13.2. The monoisotopic (exact) mass is 198 g/mol. The number of nitrogens with zero attached hydrogens (tertiary/aromatic N) is 1. The SMILES string of the molecule is C=CC(=O)NCCCCN(CC)CC. The highest BCUT2D eigenvalue weighted by atomic mass is 16.1. The number of unbranched alkanes of at least 4 members (excludes halogenated alkanes) is 1. The van der Waals surface area contributed by atoms with Gasteiger partial charge in [-0.25, -0.2) is 0 Å². The lowest BCUT2D eigenvalue weighted by molar-refractivity contribution is -0.116. The normalized spacial score (nSPS) is 10.2. The highest BCUT2D eigenvalue weighted by Crippen LogP contribution is 1.93. The van der Waals surface area contributed by atoms with Crippen molar-refractivity contribution >= 4 is 5.91 Å². The number of carbonyl (C=O) groups excluding carboxylic acids is 1. The fourth-order valence-electron chi connectivity index (χ4n) is 1.28. The molecule has 0 saturated heterocycles. The lowest BCUT2D eigenvalue weighted by Gasteiger charge is -2.17. The lowest BCUT2D eigenvalue weighted by Crippen LogP contribution is -2.26. The lowest BCUT2D eigenvalue weighted by atomic mass is 10.3. The number of nitrogens with one attached hydrogen (secondary N) is 1. The molecule has 0 aliphatic heterocycles. The van der Waals surface area contributed by atoms with E-state index in [1.54, 1.807) is 0 Å². The zero-order chi connectivity index (χ0) is 10.8. The van der Waals surface area contributed by atoms with Crippen LogP contribution in [0.4, 0.5) is 0 Å². The molecule has 0 radical (unpaired) electrons. The number of amides is 1. The van der Waals surface area contributed by atoms with Gasteiger partial charge in [0.25, 0.3) is 0 Å². The third kappa shape index (κ3) is 6.66. The first-order valence-electron chi connectivity index (χ1n) is 5.37. The van der Waals surface area contributed by atoms with Gasteiger partial charge >= 0.3 is 0 Å². The van der Waals surface area contributed by atoms with E-state index in [-0.39, 0.29) is 5.91 Å². The first kappa shape index (κ1) is 13.2. The van der Waals surface area contributed by atoms with Crippen LogP contribution in [0.3, 0.4) is 0 Å². The van der Waals surface area contributed by atoms with Gasteiger partial charge in [-0.1, -0.05) is 20.4 Å². The number of hydrogen-bond donors (Lipinski definition) is 1. The van der Waals surface area contributed by atoms with Crippen LogP contribution in [0.5, 0.6) is 0 Å². The smallest absolute Gasteiger partial charge is 0.243 e. The molecule has 0 saturated carbocycles. The summed E-state index contributed by atoms with van der Waals surface area (Å²) in [5.74, 6) is -0.0761. The van der Waals surface area contributed by atoms with Crippen LogP contribution < -0.4 is 5.32 Å². The van der Waals surface area contributed by atoms with Crippen LogP contribution in [0.15, 0.2) is 12.7 Å². The van der Waals surface area contributed by atoms with Gasteiger partial charge in [-0.3, -0.25) is 4.79 Å². The van der Waals surface area contributed by atoms with Gasteiger partial charge in [0.2, 0.25) is 5.91 Å². The van der Waals surface area contributed by atoms with Crippen LogP contribution in [0, 0.1) is 0 Å². The van der Waals surface area contributed by atoms with Crippen molar-refractivity contribution in [3.8, 4) is 0 Å². The molecule has 3 nitrogen and oxygen atoms in total. The van der Waals surface area contributed by atoms with Crippen molar-refractivity contribution in [3.63, 3.8) is 0 Å². The Bertz CT molecular complexity index is 165. The summed E-state index contributed by atoms with van der Waals surface area (Å²) in [7, 11) is 0. The molecule has 0 aliphatic rings. The second-order valence-electron chi connectivity index (χ2n) is 3.23. The fraction of sp³-hybridized carbons (Fsp3) is 0.727. The quantitative estimate of drug-likeness (QED) is 0.472. The van der Waals surface area contributed by atoms with E-state index in [4.69, 9.17) is 0 Å². The second kappa shape index (κ2) is 8.75. The van der Waals surface area contributed by atoms with Crippen molar-refractivity contribution in [2.24, 2.45) is 0 Å². The maximum Gasteiger partial charge on any atom is 0.243 e. The molecule has 0 fully saturated rings. The molecule has 0 aromatic heterocycles. The summed E-state index contributed by atoms with van der Waals surface area (Å²) in [6.07, 6.45) is 3.49. The first-order valence-corrected chi connectivity index (χ1v) is 5.37. The third-order valence-corrected chi connectivity index (χ3v) is 2.28. The Kier molecular flexibility index (Phi) is 8.24. The summed E-state index contributed by atoms with van der Waals surface area (Å²) in [6.45, 7) is 11.8. The van der Waals surface area contributed by atoms with Crippen molar-refractivity contribution in [3.05, 3.63) is 12.7 Å². The van der Waals surface area contributed by atoms with E-state index >= 15 is 0 Å². The van der Waals surface area contributed by atoms with E-state index in [2.05, 4.69) is 30.6 Å². The Morgan fingerprint density at radius 2 is 2.00 bits per heavy atom. The number of hydrogen-bond acceptors (Lipinski definition) is 2. The van der Waals surface area contributed by atoms with Crippen LogP contribution in [0.2, 0.25) is 0 Å². The zero-order valence-corrected chi connectivity index (χ0v) is 9.38.